The van der Waals surface area contributed by atoms with Gasteiger partial charge in [0.2, 0.25) is 0 Å². The molecule has 2 N–H and O–H groups in total. The summed E-state index contributed by atoms with van der Waals surface area (Å²) in [6, 6.07) is 12.4. The zero-order valence-corrected chi connectivity index (χ0v) is 12.0. The molecule has 1 atom stereocenters. The van der Waals surface area contributed by atoms with Crippen LogP contribution in [0.4, 0.5) is 13.2 Å². The van der Waals surface area contributed by atoms with Crippen LogP contribution in [-0.2, 0) is 6.42 Å². The maximum atomic E-state index is 12.4. The van der Waals surface area contributed by atoms with Gasteiger partial charge >= 0.3 is 6.18 Å². The molecule has 1 aliphatic carbocycles. The van der Waals surface area contributed by atoms with Crippen LogP contribution in [0, 0.1) is 0 Å². The Hall–Kier alpha value is -1.52. The number of hydrogen-bond acceptors (Lipinski definition) is 1. The highest BCUT2D eigenvalue weighted by Gasteiger charge is 2.31. The topological polar surface area (TPSA) is 26.0 Å². The van der Waals surface area contributed by atoms with Crippen molar-refractivity contribution < 1.29 is 13.2 Å². The van der Waals surface area contributed by atoms with Crippen molar-refractivity contribution in [2.75, 3.05) is 0 Å². The molecule has 21 heavy (non-hydrogen) atoms. The van der Waals surface area contributed by atoms with Crippen LogP contribution in [0.5, 0.6) is 0 Å². The van der Waals surface area contributed by atoms with E-state index in [2.05, 4.69) is 0 Å². The minimum atomic E-state index is -4.23. The molecule has 0 amide bonds. The predicted octanol–water partition coefficient (Wildman–Crippen LogP) is 4.63. The molecule has 0 heterocycles. The smallest absolute Gasteiger partial charge is 0.324 e. The summed E-state index contributed by atoms with van der Waals surface area (Å²) in [4.78, 5) is 0. The molecule has 1 aliphatic rings. The molecule has 2 aromatic carbocycles. The number of hydrogen-bond donors (Lipinski definition) is 1. The van der Waals surface area contributed by atoms with E-state index in [1.54, 1.807) is 6.07 Å². The fraction of sp³-hybridized carbons (Fsp3) is 0.250. The lowest BCUT2D eigenvalue weighted by Gasteiger charge is -2.15. The highest BCUT2D eigenvalue weighted by Crippen LogP contribution is 2.38. The van der Waals surface area contributed by atoms with Gasteiger partial charge in [-0.3, -0.25) is 0 Å². The highest BCUT2D eigenvalue weighted by molar-refractivity contribution is 5.85. The second kappa shape index (κ2) is 5.70. The quantitative estimate of drug-likeness (QED) is 0.733. The molecule has 5 heteroatoms. The van der Waals surface area contributed by atoms with Gasteiger partial charge in [0.1, 0.15) is 0 Å². The van der Waals surface area contributed by atoms with E-state index >= 15 is 0 Å². The SMILES string of the molecule is Cl.N[C@H](CC(F)(F)F)c1ccc2c(c1)Cc1ccccc1-2. The van der Waals surface area contributed by atoms with Gasteiger partial charge in [0.25, 0.3) is 0 Å². The van der Waals surface area contributed by atoms with Crippen LogP contribution in [-0.4, -0.2) is 6.18 Å². The van der Waals surface area contributed by atoms with E-state index in [1.807, 2.05) is 36.4 Å². The Labute approximate surface area is 127 Å². The van der Waals surface area contributed by atoms with Gasteiger partial charge in [0.15, 0.2) is 0 Å². The number of nitrogens with two attached hydrogens (primary N) is 1. The molecule has 0 unspecified atom stereocenters. The lowest BCUT2D eigenvalue weighted by atomic mass is 9.98. The third-order valence-corrected chi connectivity index (χ3v) is 3.70. The summed E-state index contributed by atoms with van der Waals surface area (Å²) in [5, 5.41) is 0. The first kappa shape index (κ1) is 15.9. The molecule has 0 fully saturated rings. The summed E-state index contributed by atoms with van der Waals surface area (Å²) in [6.45, 7) is 0. The van der Waals surface area contributed by atoms with Gasteiger partial charge in [0.05, 0.1) is 6.42 Å². The van der Waals surface area contributed by atoms with E-state index in [9.17, 15) is 13.2 Å². The molecule has 0 aliphatic heterocycles. The predicted molar refractivity (Wildman–Crippen MR) is 79.5 cm³/mol. The number of rotatable bonds is 2. The van der Waals surface area contributed by atoms with Crippen molar-refractivity contribution >= 4 is 12.4 Å². The summed E-state index contributed by atoms with van der Waals surface area (Å²) >= 11 is 0. The Bertz CT molecular complexity index is 652. The standard InChI is InChI=1S/C16H14F3N.ClH/c17-16(18,19)9-15(20)11-5-6-14-12(8-11)7-10-3-1-2-4-13(10)14;/h1-6,8,15H,7,9,20H2;1H/t15-;/m1./s1. The minimum Gasteiger partial charge on any atom is -0.324 e. The fourth-order valence-corrected chi connectivity index (χ4v) is 2.76. The first-order valence-electron chi connectivity index (χ1n) is 6.47. The van der Waals surface area contributed by atoms with Gasteiger partial charge < -0.3 is 5.73 Å². The van der Waals surface area contributed by atoms with Gasteiger partial charge in [-0.05, 0) is 34.2 Å². The van der Waals surface area contributed by atoms with Crippen molar-refractivity contribution in [3.63, 3.8) is 0 Å². The molecule has 112 valence electrons. The molecule has 0 saturated heterocycles. The third-order valence-electron chi connectivity index (χ3n) is 3.70. The molecule has 0 bridgehead atoms. The maximum absolute atomic E-state index is 12.4. The first-order chi connectivity index (χ1) is 9.44. The van der Waals surface area contributed by atoms with Crippen LogP contribution >= 0.6 is 12.4 Å². The lowest BCUT2D eigenvalue weighted by molar-refractivity contribution is -0.138. The molecule has 0 saturated carbocycles. The van der Waals surface area contributed by atoms with Gasteiger partial charge in [-0.2, -0.15) is 13.2 Å². The van der Waals surface area contributed by atoms with Crippen molar-refractivity contribution in [1.82, 2.24) is 0 Å². The third kappa shape index (κ3) is 3.22. The van der Waals surface area contributed by atoms with Gasteiger partial charge in [-0.25, -0.2) is 0 Å². The molecular formula is C16H15ClF3N. The first-order valence-corrected chi connectivity index (χ1v) is 6.47. The second-order valence-electron chi connectivity index (χ2n) is 5.18. The molecule has 0 spiro atoms. The Morgan fingerprint density at radius 3 is 2.38 bits per heavy atom. The number of fused-ring (bicyclic) bond motifs is 3. The Balaban J connectivity index is 0.00000161. The van der Waals surface area contributed by atoms with Crippen LogP contribution in [0.2, 0.25) is 0 Å². The van der Waals surface area contributed by atoms with E-state index in [1.165, 1.54) is 11.1 Å². The summed E-state index contributed by atoms with van der Waals surface area (Å²) < 4.78 is 37.2. The zero-order valence-electron chi connectivity index (χ0n) is 11.2. The van der Waals surface area contributed by atoms with Crippen LogP contribution < -0.4 is 5.73 Å². The van der Waals surface area contributed by atoms with Crippen LogP contribution in [0.1, 0.15) is 29.2 Å². The minimum absolute atomic E-state index is 0. The van der Waals surface area contributed by atoms with Crippen molar-refractivity contribution in [1.29, 1.82) is 0 Å². The average molecular weight is 314 g/mol. The lowest BCUT2D eigenvalue weighted by Crippen LogP contribution is -2.20. The van der Waals surface area contributed by atoms with Gasteiger partial charge in [0, 0.05) is 6.04 Å². The van der Waals surface area contributed by atoms with Crippen LogP contribution in [0.15, 0.2) is 42.5 Å². The summed E-state index contributed by atoms with van der Waals surface area (Å²) in [7, 11) is 0. The summed E-state index contributed by atoms with van der Waals surface area (Å²) in [6.07, 6.45) is -4.46. The average Bonchev–Trinajstić information content (AvgIpc) is 2.74. The van der Waals surface area contributed by atoms with Gasteiger partial charge in [-0.15, -0.1) is 12.4 Å². The van der Waals surface area contributed by atoms with Crippen molar-refractivity contribution in [3.8, 4) is 11.1 Å². The highest BCUT2D eigenvalue weighted by atomic mass is 35.5. The van der Waals surface area contributed by atoms with E-state index < -0.39 is 18.6 Å². The normalized spacial score (nSPS) is 14.1. The van der Waals surface area contributed by atoms with Crippen molar-refractivity contribution in [2.24, 2.45) is 5.73 Å². The van der Waals surface area contributed by atoms with E-state index in [0.29, 0.717) is 5.56 Å². The maximum Gasteiger partial charge on any atom is 0.390 e. The Morgan fingerprint density at radius 2 is 1.67 bits per heavy atom. The summed E-state index contributed by atoms with van der Waals surface area (Å²) in [5.41, 5.74) is 10.7. The number of alkyl halides is 3. The van der Waals surface area contributed by atoms with E-state index in [-0.39, 0.29) is 12.4 Å². The zero-order chi connectivity index (χ0) is 14.3. The molecule has 2 aromatic rings. The van der Waals surface area contributed by atoms with Gasteiger partial charge in [-0.1, -0.05) is 42.5 Å². The molecule has 0 radical (unpaired) electrons. The largest absolute Gasteiger partial charge is 0.390 e. The van der Waals surface area contributed by atoms with Crippen LogP contribution in [0.25, 0.3) is 11.1 Å². The van der Waals surface area contributed by atoms with Crippen molar-refractivity contribution in [3.05, 3.63) is 59.2 Å². The van der Waals surface area contributed by atoms with E-state index in [0.717, 1.165) is 17.5 Å². The molecular weight excluding hydrogens is 299 g/mol. The van der Waals surface area contributed by atoms with Crippen LogP contribution in [0.3, 0.4) is 0 Å². The molecule has 0 aromatic heterocycles. The van der Waals surface area contributed by atoms with E-state index in [4.69, 9.17) is 5.73 Å². The number of halogens is 4. The monoisotopic (exact) mass is 313 g/mol. The summed E-state index contributed by atoms with van der Waals surface area (Å²) in [5.74, 6) is 0. The Kier molecular flexibility index (Phi) is 4.30. The molecule has 1 nitrogen and oxygen atoms in total. The molecule has 3 rings (SSSR count). The number of benzene rings is 2. The second-order valence-corrected chi connectivity index (χ2v) is 5.18. The van der Waals surface area contributed by atoms with Crippen molar-refractivity contribution in [2.45, 2.75) is 25.1 Å². The Morgan fingerprint density at radius 1 is 1.00 bits per heavy atom. The fourth-order valence-electron chi connectivity index (χ4n) is 2.76.